The SMILES string of the molecule is COc1ncnc2sc(NC(=O)N3CCC(=O)CC3)nc12.COc1ncnc2sc(NC(=O)N3CCC(O)(c4cccc(Cl)c4)CC3)nc12. The average molecular weight is 727 g/mol. The molecule has 0 spiro atoms. The molecule has 0 unspecified atom stereocenters. The van der Waals surface area contributed by atoms with Crippen molar-refractivity contribution in [1.82, 2.24) is 39.7 Å². The van der Waals surface area contributed by atoms with Gasteiger partial charge in [0.25, 0.3) is 0 Å². The molecule has 0 radical (unpaired) electrons. The monoisotopic (exact) mass is 726 g/mol. The summed E-state index contributed by atoms with van der Waals surface area (Å²) in [6.45, 7) is 1.73. The number of amides is 4. The first-order valence-electron chi connectivity index (χ1n) is 15.1. The van der Waals surface area contributed by atoms with Gasteiger partial charge < -0.3 is 24.4 Å². The van der Waals surface area contributed by atoms with E-state index in [4.69, 9.17) is 21.1 Å². The Balaban J connectivity index is 0.000000177. The molecule has 2 fully saturated rings. The van der Waals surface area contributed by atoms with Gasteiger partial charge in [-0.05, 0) is 30.5 Å². The molecule has 256 valence electrons. The molecule has 19 heteroatoms. The first-order valence-corrected chi connectivity index (χ1v) is 17.1. The fourth-order valence-electron chi connectivity index (χ4n) is 5.32. The van der Waals surface area contributed by atoms with Crippen LogP contribution >= 0.6 is 34.3 Å². The summed E-state index contributed by atoms with van der Waals surface area (Å²) in [6, 6.07) is 6.70. The van der Waals surface area contributed by atoms with Crippen LogP contribution in [0.4, 0.5) is 19.9 Å². The summed E-state index contributed by atoms with van der Waals surface area (Å²) in [7, 11) is 3.01. The van der Waals surface area contributed by atoms with Crippen molar-refractivity contribution in [3.8, 4) is 11.8 Å². The number of nitrogens with zero attached hydrogens (tertiary/aromatic N) is 8. The summed E-state index contributed by atoms with van der Waals surface area (Å²) in [5, 5.41) is 17.9. The minimum atomic E-state index is -0.986. The summed E-state index contributed by atoms with van der Waals surface area (Å²) in [5.74, 6) is 0.936. The van der Waals surface area contributed by atoms with Crippen LogP contribution in [-0.4, -0.2) is 103 Å². The van der Waals surface area contributed by atoms with Gasteiger partial charge in [-0.25, -0.2) is 29.5 Å². The Hall–Kier alpha value is -4.78. The maximum absolute atomic E-state index is 12.6. The number of aromatic nitrogens is 6. The van der Waals surface area contributed by atoms with E-state index >= 15 is 0 Å². The molecule has 5 aromatic rings. The van der Waals surface area contributed by atoms with E-state index in [9.17, 15) is 19.5 Å². The van der Waals surface area contributed by atoms with Gasteiger partial charge in [0.05, 0.1) is 19.8 Å². The molecule has 49 heavy (non-hydrogen) atoms. The molecule has 2 saturated heterocycles. The van der Waals surface area contributed by atoms with E-state index in [-0.39, 0.29) is 17.8 Å². The second-order valence-corrected chi connectivity index (χ2v) is 13.4. The summed E-state index contributed by atoms with van der Waals surface area (Å²) in [6.07, 6.45) is 4.46. The number of urea groups is 2. The van der Waals surface area contributed by atoms with Crippen molar-refractivity contribution in [1.29, 1.82) is 0 Å². The largest absolute Gasteiger partial charge is 0.479 e. The fourth-order valence-corrected chi connectivity index (χ4v) is 7.09. The summed E-state index contributed by atoms with van der Waals surface area (Å²) in [4.78, 5) is 65.3. The summed E-state index contributed by atoms with van der Waals surface area (Å²) in [5.41, 5.74) is 0.825. The van der Waals surface area contributed by atoms with Gasteiger partial charge in [-0.1, -0.05) is 46.4 Å². The minimum Gasteiger partial charge on any atom is -0.479 e. The highest BCUT2D eigenvalue weighted by atomic mass is 35.5. The minimum absolute atomic E-state index is 0.194. The Morgan fingerprint density at radius 1 is 0.837 bits per heavy atom. The molecule has 2 aliphatic heterocycles. The third-order valence-electron chi connectivity index (χ3n) is 7.99. The van der Waals surface area contributed by atoms with Crippen LogP contribution < -0.4 is 20.1 Å². The highest BCUT2D eigenvalue weighted by Crippen LogP contribution is 2.35. The lowest BCUT2D eigenvalue weighted by molar-refractivity contribution is -0.120. The maximum atomic E-state index is 12.6. The topological polar surface area (TPSA) is 198 Å². The number of anilines is 2. The Morgan fingerprint density at radius 2 is 1.35 bits per heavy atom. The first-order chi connectivity index (χ1) is 23.7. The number of ketones is 1. The molecule has 4 amide bonds. The Morgan fingerprint density at radius 3 is 1.84 bits per heavy atom. The molecule has 2 aliphatic rings. The molecule has 0 aliphatic carbocycles. The zero-order chi connectivity index (χ0) is 34.5. The van der Waals surface area contributed by atoms with Crippen molar-refractivity contribution in [3.05, 3.63) is 47.5 Å². The lowest BCUT2D eigenvalue weighted by atomic mass is 9.84. The van der Waals surface area contributed by atoms with E-state index in [1.165, 1.54) is 49.5 Å². The van der Waals surface area contributed by atoms with Crippen LogP contribution in [0.15, 0.2) is 36.9 Å². The number of carbonyl (C=O) groups is 3. The van der Waals surface area contributed by atoms with Gasteiger partial charge in [0.15, 0.2) is 31.0 Å². The maximum Gasteiger partial charge on any atom is 0.323 e. The molecule has 4 aromatic heterocycles. The molecule has 16 nitrogen and oxygen atoms in total. The third-order valence-corrected chi connectivity index (χ3v) is 9.98. The Labute approximate surface area is 292 Å². The molecular weight excluding hydrogens is 696 g/mol. The summed E-state index contributed by atoms with van der Waals surface area (Å²) < 4.78 is 10.3. The van der Waals surface area contributed by atoms with Gasteiger partial charge in [-0.15, -0.1) is 0 Å². The predicted molar refractivity (Wildman–Crippen MR) is 184 cm³/mol. The number of benzene rings is 1. The number of methoxy groups -OCH3 is 2. The van der Waals surface area contributed by atoms with Crippen LogP contribution in [0, 0.1) is 0 Å². The van der Waals surface area contributed by atoms with Gasteiger partial charge in [-0.3, -0.25) is 15.4 Å². The van der Waals surface area contributed by atoms with Crippen molar-refractivity contribution < 1.29 is 29.0 Å². The van der Waals surface area contributed by atoms with Crippen molar-refractivity contribution in [2.45, 2.75) is 31.3 Å². The fraction of sp³-hybridized carbons (Fsp3) is 0.367. The number of thiazole rings is 2. The van der Waals surface area contributed by atoms with Crippen molar-refractivity contribution in [2.75, 3.05) is 51.0 Å². The standard InChI is InChI=1S/C18H18ClN5O3S.C12H13N5O3S/c1-27-14-13-15(21-10-20-14)28-16(22-13)23-17(25)24-7-5-18(26,6-8-24)11-3-2-4-12(19)9-11;1-20-9-8-10(14-6-13-9)21-11(15-8)16-12(19)17-4-2-7(18)3-5-17/h2-4,9-10,26H,5-8H2,1H3,(H,22,23,25);6H,2-5H2,1H3,(H,15,16,19). The van der Waals surface area contributed by atoms with Crippen molar-refractivity contribution in [2.24, 2.45) is 0 Å². The van der Waals surface area contributed by atoms with E-state index in [1.54, 1.807) is 21.9 Å². The number of rotatable bonds is 5. The van der Waals surface area contributed by atoms with E-state index in [2.05, 4.69) is 40.5 Å². The smallest absolute Gasteiger partial charge is 0.323 e. The van der Waals surface area contributed by atoms with Gasteiger partial charge in [0.2, 0.25) is 11.8 Å². The van der Waals surface area contributed by atoms with Crippen LogP contribution in [0.25, 0.3) is 20.7 Å². The quantitative estimate of drug-likeness (QED) is 0.229. The number of hydrogen-bond donors (Lipinski definition) is 3. The van der Waals surface area contributed by atoms with E-state index in [0.29, 0.717) is 99.6 Å². The molecule has 6 heterocycles. The van der Waals surface area contributed by atoms with Gasteiger partial charge in [0, 0.05) is 44.0 Å². The lowest BCUT2D eigenvalue weighted by Gasteiger charge is -2.38. The predicted octanol–water partition coefficient (Wildman–Crippen LogP) is 4.56. The van der Waals surface area contributed by atoms with Crippen LogP contribution in [0.2, 0.25) is 5.02 Å². The van der Waals surface area contributed by atoms with Gasteiger partial charge >= 0.3 is 12.1 Å². The van der Waals surface area contributed by atoms with Gasteiger partial charge in [-0.2, -0.15) is 9.97 Å². The van der Waals surface area contributed by atoms with Crippen LogP contribution in [-0.2, 0) is 10.4 Å². The average Bonchev–Trinajstić information content (AvgIpc) is 3.72. The number of carbonyl (C=O) groups excluding carboxylic acids is 3. The van der Waals surface area contributed by atoms with Crippen molar-refractivity contribution in [3.63, 3.8) is 0 Å². The second-order valence-electron chi connectivity index (χ2n) is 11.0. The highest BCUT2D eigenvalue weighted by Gasteiger charge is 2.36. The number of piperidine rings is 2. The molecule has 0 atom stereocenters. The number of hydrogen-bond acceptors (Lipinski definition) is 14. The number of likely N-dealkylation sites (tertiary alicyclic amines) is 2. The van der Waals surface area contributed by atoms with E-state index in [1.807, 2.05) is 12.1 Å². The van der Waals surface area contributed by atoms with E-state index in [0.717, 1.165) is 5.56 Å². The zero-order valence-corrected chi connectivity index (χ0v) is 28.8. The number of fused-ring (bicyclic) bond motifs is 2. The Bertz CT molecular complexity index is 1990. The molecule has 0 bridgehead atoms. The molecule has 3 N–H and O–H groups in total. The van der Waals surface area contributed by atoms with Gasteiger partial charge in [0.1, 0.15) is 18.4 Å². The summed E-state index contributed by atoms with van der Waals surface area (Å²) >= 11 is 8.55. The first kappa shape index (κ1) is 34.1. The highest BCUT2D eigenvalue weighted by molar-refractivity contribution is 7.22. The lowest BCUT2D eigenvalue weighted by Crippen LogP contribution is -2.46. The number of aliphatic hydroxyl groups is 1. The molecule has 7 rings (SSSR count). The molecular formula is C30H31ClN10O6S2. The molecule has 0 saturated carbocycles. The number of nitrogens with one attached hydrogen (secondary N) is 2. The van der Waals surface area contributed by atoms with Crippen LogP contribution in [0.5, 0.6) is 11.8 Å². The van der Waals surface area contributed by atoms with E-state index < -0.39 is 5.60 Å². The van der Waals surface area contributed by atoms with Crippen LogP contribution in [0.1, 0.15) is 31.2 Å². The third kappa shape index (κ3) is 7.77. The Kier molecular flexibility index (Phi) is 10.3. The van der Waals surface area contributed by atoms with Crippen LogP contribution in [0.3, 0.4) is 0 Å². The number of halogens is 1. The second kappa shape index (κ2) is 14.8. The molecule has 1 aromatic carbocycles. The number of ether oxygens (including phenoxy) is 2. The van der Waals surface area contributed by atoms with Crippen molar-refractivity contribution >= 4 is 83.1 Å². The normalized spacial score (nSPS) is 15.8. The zero-order valence-electron chi connectivity index (χ0n) is 26.4. The number of Topliss-reactive ketones (excluding diaryl/α,β-unsaturated/α-hetero) is 1.